The lowest BCUT2D eigenvalue weighted by molar-refractivity contribution is -0.0719. The van der Waals surface area contributed by atoms with Crippen molar-refractivity contribution in [1.29, 1.82) is 0 Å². The lowest BCUT2D eigenvalue weighted by Crippen LogP contribution is -2.51. The molecule has 0 aromatic heterocycles. The molecule has 2 fully saturated rings. The van der Waals surface area contributed by atoms with Crippen LogP contribution in [0.4, 0.5) is 0 Å². The van der Waals surface area contributed by atoms with Gasteiger partial charge in [-0.05, 0) is 43.2 Å². The lowest BCUT2D eigenvalue weighted by Gasteiger charge is -2.43. The first-order chi connectivity index (χ1) is 10.2. The molecular weight excluding hydrogens is 260 g/mol. The van der Waals surface area contributed by atoms with Gasteiger partial charge >= 0.3 is 0 Å². The van der Waals surface area contributed by atoms with Gasteiger partial charge in [-0.2, -0.15) is 0 Å². The molecule has 0 spiro atoms. The number of morpholine rings is 1. The van der Waals surface area contributed by atoms with Gasteiger partial charge in [0, 0.05) is 25.2 Å². The molecule has 21 heavy (non-hydrogen) atoms. The number of ether oxygens (including phenoxy) is 1. The Kier molecular flexibility index (Phi) is 4.63. The maximum atomic E-state index is 6.16. The summed E-state index contributed by atoms with van der Waals surface area (Å²) in [4.78, 5) is 2.57. The zero-order valence-electron chi connectivity index (χ0n) is 13.3. The van der Waals surface area contributed by atoms with E-state index in [2.05, 4.69) is 43.0 Å². The zero-order valence-corrected chi connectivity index (χ0v) is 13.3. The maximum Gasteiger partial charge on any atom is 0.0675 e. The van der Waals surface area contributed by atoms with Gasteiger partial charge in [0.2, 0.25) is 0 Å². The van der Waals surface area contributed by atoms with E-state index < -0.39 is 0 Å². The number of nitrogens with two attached hydrogens (primary N) is 1. The Balaban J connectivity index is 1.83. The Morgan fingerprint density at radius 3 is 2.86 bits per heavy atom. The van der Waals surface area contributed by atoms with Gasteiger partial charge in [-0.15, -0.1) is 0 Å². The van der Waals surface area contributed by atoms with E-state index in [9.17, 15) is 0 Å². The molecule has 1 saturated heterocycles. The summed E-state index contributed by atoms with van der Waals surface area (Å²) in [7, 11) is 0. The molecule has 116 valence electrons. The minimum absolute atomic E-state index is 0.300. The molecule has 3 unspecified atom stereocenters. The summed E-state index contributed by atoms with van der Waals surface area (Å²) in [6, 6.07) is 9.92. The van der Waals surface area contributed by atoms with Gasteiger partial charge in [0.05, 0.1) is 12.7 Å². The molecule has 1 aromatic carbocycles. The molecule has 1 aliphatic heterocycles. The molecule has 1 heterocycles. The average molecular weight is 288 g/mol. The van der Waals surface area contributed by atoms with Gasteiger partial charge in [0.1, 0.15) is 0 Å². The van der Waals surface area contributed by atoms with Gasteiger partial charge in [0.25, 0.3) is 0 Å². The van der Waals surface area contributed by atoms with Crippen molar-refractivity contribution in [1.82, 2.24) is 4.90 Å². The number of hydrogen-bond acceptors (Lipinski definition) is 3. The van der Waals surface area contributed by atoms with Crippen molar-refractivity contribution in [3.05, 3.63) is 35.4 Å². The molecule has 3 rings (SSSR count). The monoisotopic (exact) mass is 288 g/mol. The molecular formula is C18H28N2O. The summed E-state index contributed by atoms with van der Waals surface area (Å²) in [6.07, 6.45) is 4.12. The Morgan fingerprint density at radius 1 is 1.38 bits per heavy atom. The fourth-order valence-corrected chi connectivity index (χ4v) is 3.50. The van der Waals surface area contributed by atoms with Gasteiger partial charge < -0.3 is 10.5 Å². The van der Waals surface area contributed by atoms with Crippen LogP contribution in [0.3, 0.4) is 0 Å². The van der Waals surface area contributed by atoms with Crippen LogP contribution in [0.25, 0.3) is 0 Å². The van der Waals surface area contributed by atoms with E-state index in [0.717, 1.165) is 25.5 Å². The smallest absolute Gasteiger partial charge is 0.0675 e. The molecule has 1 saturated carbocycles. The predicted octanol–water partition coefficient (Wildman–Crippen LogP) is 3.06. The summed E-state index contributed by atoms with van der Waals surface area (Å²) in [5.74, 6) is 0.800. The van der Waals surface area contributed by atoms with E-state index in [1.54, 1.807) is 0 Å². The SMILES string of the molecule is CCC1COC(C)CN1C(CN)c1cccc(C2CC2)c1. The highest BCUT2D eigenvalue weighted by Crippen LogP contribution is 2.41. The number of rotatable bonds is 5. The van der Waals surface area contributed by atoms with E-state index in [0.29, 0.717) is 24.7 Å². The van der Waals surface area contributed by atoms with Crippen molar-refractivity contribution in [2.45, 2.75) is 57.2 Å². The van der Waals surface area contributed by atoms with Gasteiger partial charge in [-0.3, -0.25) is 4.90 Å². The molecule has 3 nitrogen and oxygen atoms in total. The summed E-state index contributed by atoms with van der Waals surface area (Å²) in [6.45, 7) is 6.89. The molecule has 3 heteroatoms. The highest BCUT2D eigenvalue weighted by atomic mass is 16.5. The topological polar surface area (TPSA) is 38.5 Å². The summed E-state index contributed by atoms with van der Waals surface area (Å²) >= 11 is 0. The Labute approximate surface area is 128 Å². The minimum Gasteiger partial charge on any atom is -0.376 e. The lowest BCUT2D eigenvalue weighted by atomic mass is 9.97. The second kappa shape index (κ2) is 6.47. The quantitative estimate of drug-likeness (QED) is 0.905. The van der Waals surface area contributed by atoms with Gasteiger partial charge in [-0.25, -0.2) is 0 Å². The number of benzene rings is 1. The first kappa shape index (κ1) is 15.0. The summed E-state index contributed by atoms with van der Waals surface area (Å²) < 4.78 is 5.83. The molecule has 0 bridgehead atoms. The zero-order chi connectivity index (χ0) is 14.8. The Hall–Kier alpha value is -0.900. The van der Waals surface area contributed by atoms with E-state index in [1.165, 1.54) is 24.0 Å². The van der Waals surface area contributed by atoms with Crippen LogP contribution in [0.2, 0.25) is 0 Å². The van der Waals surface area contributed by atoms with Crippen molar-refractivity contribution in [3.8, 4) is 0 Å². The van der Waals surface area contributed by atoms with E-state index in [1.807, 2.05) is 0 Å². The van der Waals surface area contributed by atoms with Gasteiger partial charge in [0.15, 0.2) is 0 Å². The third kappa shape index (κ3) is 3.31. The second-order valence-corrected chi connectivity index (χ2v) is 6.60. The highest BCUT2D eigenvalue weighted by Gasteiger charge is 2.32. The van der Waals surface area contributed by atoms with Crippen LogP contribution in [0.5, 0.6) is 0 Å². The Bertz CT molecular complexity index is 472. The van der Waals surface area contributed by atoms with E-state index in [4.69, 9.17) is 10.5 Å². The summed E-state index contributed by atoms with van der Waals surface area (Å²) in [5, 5.41) is 0. The molecule has 0 amide bonds. The molecule has 0 radical (unpaired) electrons. The van der Waals surface area contributed by atoms with Crippen LogP contribution in [0, 0.1) is 0 Å². The highest BCUT2D eigenvalue weighted by molar-refractivity contribution is 5.31. The van der Waals surface area contributed by atoms with Crippen molar-refractivity contribution in [2.24, 2.45) is 5.73 Å². The molecule has 3 atom stereocenters. The minimum atomic E-state index is 0.300. The fraction of sp³-hybridized carbons (Fsp3) is 0.667. The third-order valence-corrected chi connectivity index (χ3v) is 4.95. The maximum absolute atomic E-state index is 6.16. The number of hydrogen-bond donors (Lipinski definition) is 1. The van der Waals surface area contributed by atoms with E-state index >= 15 is 0 Å². The largest absolute Gasteiger partial charge is 0.376 e. The average Bonchev–Trinajstić information content (AvgIpc) is 3.33. The normalized spacial score (nSPS) is 28.5. The van der Waals surface area contributed by atoms with Crippen LogP contribution in [0.15, 0.2) is 24.3 Å². The standard InChI is InChI=1S/C18H28N2O/c1-3-17-12-21-13(2)11-20(17)18(10-19)16-6-4-5-15(9-16)14-7-8-14/h4-6,9,13-14,17-18H,3,7-8,10-12,19H2,1-2H3. The van der Waals surface area contributed by atoms with Crippen molar-refractivity contribution < 1.29 is 4.74 Å². The van der Waals surface area contributed by atoms with Crippen molar-refractivity contribution in [2.75, 3.05) is 19.7 Å². The van der Waals surface area contributed by atoms with E-state index in [-0.39, 0.29) is 0 Å². The van der Waals surface area contributed by atoms with Crippen molar-refractivity contribution in [3.63, 3.8) is 0 Å². The van der Waals surface area contributed by atoms with Crippen LogP contribution in [-0.2, 0) is 4.74 Å². The predicted molar refractivity (Wildman–Crippen MR) is 86.4 cm³/mol. The molecule has 2 N–H and O–H groups in total. The first-order valence-corrected chi connectivity index (χ1v) is 8.40. The second-order valence-electron chi connectivity index (χ2n) is 6.60. The molecule has 2 aliphatic rings. The number of nitrogens with zero attached hydrogens (tertiary/aromatic N) is 1. The Morgan fingerprint density at radius 2 is 2.19 bits per heavy atom. The molecule has 1 aromatic rings. The summed E-state index contributed by atoms with van der Waals surface area (Å²) in [5.41, 5.74) is 9.04. The third-order valence-electron chi connectivity index (χ3n) is 4.95. The van der Waals surface area contributed by atoms with Gasteiger partial charge in [-0.1, -0.05) is 31.2 Å². The van der Waals surface area contributed by atoms with Crippen LogP contribution >= 0.6 is 0 Å². The molecule has 1 aliphatic carbocycles. The van der Waals surface area contributed by atoms with Crippen LogP contribution < -0.4 is 5.73 Å². The van der Waals surface area contributed by atoms with Crippen molar-refractivity contribution >= 4 is 0 Å². The van der Waals surface area contributed by atoms with Crippen LogP contribution in [-0.4, -0.2) is 36.7 Å². The van der Waals surface area contributed by atoms with Crippen LogP contribution in [0.1, 0.15) is 56.2 Å². The first-order valence-electron chi connectivity index (χ1n) is 8.40. The fourth-order valence-electron chi connectivity index (χ4n) is 3.50.